The minimum absolute atomic E-state index is 0.0325. The molecule has 13 nitrogen and oxygen atoms in total. The van der Waals surface area contributed by atoms with Crippen LogP contribution in [-0.4, -0.2) is 78.8 Å². The second kappa shape index (κ2) is 16.6. The van der Waals surface area contributed by atoms with Gasteiger partial charge in [0.15, 0.2) is 0 Å². The van der Waals surface area contributed by atoms with E-state index in [-0.39, 0.29) is 18.7 Å². The summed E-state index contributed by atoms with van der Waals surface area (Å²) in [6.45, 7) is 11.8. The first-order valence-electron chi connectivity index (χ1n) is 18.1. The molecule has 0 unspecified atom stereocenters. The van der Waals surface area contributed by atoms with Gasteiger partial charge in [0.25, 0.3) is 11.8 Å². The van der Waals surface area contributed by atoms with E-state index in [1.807, 2.05) is 30.3 Å². The van der Waals surface area contributed by atoms with Crippen molar-refractivity contribution in [1.82, 2.24) is 10.2 Å². The maximum Gasteiger partial charge on any atom is 0.412 e. The third-order valence-corrected chi connectivity index (χ3v) is 9.45. The molecular formula is C42H48BrN5O8. The lowest BCUT2D eigenvalue weighted by atomic mass is 10.0. The predicted octanol–water partition coefficient (Wildman–Crippen LogP) is 7.89. The van der Waals surface area contributed by atoms with E-state index in [4.69, 9.17) is 14.2 Å². The molecule has 5 amide bonds. The first-order chi connectivity index (χ1) is 26.3. The monoisotopic (exact) mass is 829 g/mol. The van der Waals surface area contributed by atoms with Crippen LogP contribution in [-0.2, 0) is 25.6 Å². The smallest absolute Gasteiger partial charge is 0.412 e. The van der Waals surface area contributed by atoms with Crippen LogP contribution in [0, 0.1) is 0 Å². The Morgan fingerprint density at radius 2 is 1.54 bits per heavy atom. The van der Waals surface area contributed by atoms with Crippen molar-refractivity contribution in [2.24, 2.45) is 0 Å². The SMILES string of the molecule is COc1ccc2cc(Br)ccc2c1CN1C(=O)[C@@H](NC(=O)[C@H](C)N(C)C(=O)OC(C)(C)C)CN(C(=O)c2ccc(NC(=O)OC(C)(C)C)cc2)c2ccccc21. The molecule has 4 aromatic rings. The van der Waals surface area contributed by atoms with Crippen molar-refractivity contribution in [3.05, 3.63) is 94.5 Å². The summed E-state index contributed by atoms with van der Waals surface area (Å²) in [7, 11) is 3.00. The molecule has 2 atom stereocenters. The molecule has 0 aromatic heterocycles. The summed E-state index contributed by atoms with van der Waals surface area (Å²) in [5, 5.41) is 7.27. The highest BCUT2D eigenvalue weighted by molar-refractivity contribution is 9.10. The number of amides is 5. The molecule has 296 valence electrons. The number of nitrogens with one attached hydrogen (secondary N) is 2. The third-order valence-electron chi connectivity index (χ3n) is 8.96. The zero-order chi connectivity index (χ0) is 41.1. The molecule has 1 aliphatic heterocycles. The van der Waals surface area contributed by atoms with Crippen LogP contribution >= 0.6 is 15.9 Å². The number of hydrogen-bond donors (Lipinski definition) is 2. The average Bonchev–Trinajstić information content (AvgIpc) is 3.23. The van der Waals surface area contributed by atoms with Gasteiger partial charge in [-0.05, 0) is 114 Å². The van der Waals surface area contributed by atoms with Crippen LogP contribution in [0.2, 0.25) is 0 Å². The average molecular weight is 831 g/mol. The van der Waals surface area contributed by atoms with Crippen molar-refractivity contribution >= 4 is 73.7 Å². The van der Waals surface area contributed by atoms with E-state index in [0.29, 0.717) is 22.8 Å². The van der Waals surface area contributed by atoms with Gasteiger partial charge < -0.3 is 29.3 Å². The molecule has 5 rings (SSSR count). The highest BCUT2D eigenvalue weighted by atomic mass is 79.9. The van der Waals surface area contributed by atoms with Crippen LogP contribution in [0.3, 0.4) is 0 Å². The van der Waals surface area contributed by atoms with E-state index in [2.05, 4.69) is 26.6 Å². The summed E-state index contributed by atoms with van der Waals surface area (Å²) < 4.78 is 17.5. The predicted molar refractivity (Wildman–Crippen MR) is 219 cm³/mol. The first-order valence-corrected chi connectivity index (χ1v) is 18.9. The van der Waals surface area contributed by atoms with Gasteiger partial charge in [0.2, 0.25) is 5.91 Å². The van der Waals surface area contributed by atoms with Crippen molar-refractivity contribution in [2.45, 2.75) is 78.3 Å². The van der Waals surface area contributed by atoms with Crippen LogP contribution in [0.25, 0.3) is 10.8 Å². The van der Waals surface area contributed by atoms with Crippen LogP contribution in [0.4, 0.5) is 26.7 Å². The molecule has 2 N–H and O–H groups in total. The van der Waals surface area contributed by atoms with Crippen molar-refractivity contribution < 1.29 is 38.2 Å². The highest BCUT2D eigenvalue weighted by Crippen LogP contribution is 2.38. The number of nitrogens with zero attached hydrogens (tertiary/aromatic N) is 3. The van der Waals surface area contributed by atoms with Crippen molar-refractivity contribution in [3.63, 3.8) is 0 Å². The van der Waals surface area contributed by atoms with Crippen molar-refractivity contribution in [2.75, 3.05) is 35.8 Å². The van der Waals surface area contributed by atoms with E-state index in [9.17, 15) is 24.0 Å². The standard InChI is InChI=1S/C42H48BrN5O8/c1-25(46(8)40(53)56-42(5,6)7)36(49)45-32-24-48(37(50)26-14-18-29(19-15-26)44-39(52)55-41(2,3)4)34-13-11-10-12-33(34)47(38(32)51)23-31-30-20-17-28(43)22-27(30)16-21-35(31)54-9/h10-22,25,32H,23-24H2,1-9H3,(H,44,52)(H,45,49)/t25-,32-/m0/s1. The second-order valence-electron chi connectivity index (χ2n) is 15.5. The van der Waals surface area contributed by atoms with Gasteiger partial charge in [-0.2, -0.15) is 0 Å². The van der Waals surface area contributed by atoms with Crippen LogP contribution in [0.1, 0.15) is 64.4 Å². The Balaban J connectivity index is 1.55. The number of likely N-dealkylation sites (N-methyl/N-ethyl adjacent to an activating group) is 1. The molecular weight excluding hydrogens is 782 g/mol. The summed E-state index contributed by atoms with van der Waals surface area (Å²) in [6.07, 6.45) is -1.35. The van der Waals surface area contributed by atoms with E-state index < -0.39 is 53.2 Å². The maximum absolute atomic E-state index is 14.9. The lowest BCUT2D eigenvalue weighted by molar-refractivity contribution is -0.130. The van der Waals surface area contributed by atoms with E-state index in [0.717, 1.165) is 25.7 Å². The fraction of sp³-hybridized carbons (Fsp3) is 0.357. The van der Waals surface area contributed by atoms with E-state index in [1.165, 1.54) is 18.9 Å². The van der Waals surface area contributed by atoms with Gasteiger partial charge in [-0.1, -0.05) is 40.2 Å². The number of halogens is 1. The van der Waals surface area contributed by atoms with Gasteiger partial charge in [-0.3, -0.25) is 24.6 Å². The fourth-order valence-electron chi connectivity index (χ4n) is 6.14. The van der Waals surface area contributed by atoms with Crippen LogP contribution in [0.5, 0.6) is 5.75 Å². The number of para-hydroxylation sites is 2. The number of carbonyl (C=O) groups excluding carboxylic acids is 5. The Bertz CT molecular complexity index is 2140. The molecule has 0 fully saturated rings. The number of methoxy groups -OCH3 is 1. The zero-order valence-electron chi connectivity index (χ0n) is 33.1. The molecule has 0 radical (unpaired) electrons. The molecule has 0 spiro atoms. The van der Waals surface area contributed by atoms with Crippen molar-refractivity contribution in [1.29, 1.82) is 0 Å². The van der Waals surface area contributed by atoms with Gasteiger partial charge >= 0.3 is 12.2 Å². The van der Waals surface area contributed by atoms with E-state index >= 15 is 0 Å². The zero-order valence-corrected chi connectivity index (χ0v) is 34.6. The second-order valence-corrected chi connectivity index (χ2v) is 16.4. The molecule has 4 aromatic carbocycles. The number of fused-ring (bicyclic) bond motifs is 2. The number of rotatable bonds is 8. The topological polar surface area (TPSA) is 147 Å². The van der Waals surface area contributed by atoms with Crippen LogP contribution in [0.15, 0.2) is 83.3 Å². The van der Waals surface area contributed by atoms with Gasteiger partial charge in [0.05, 0.1) is 31.6 Å². The molecule has 0 saturated carbocycles. The summed E-state index contributed by atoms with van der Waals surface area (Å²) >= 11 is 3.54. The quantitative estimate of drug-likeness (QED) is 0.182. The van der Waals surface area contributed by atoms with Gasteiger partial charge in [0, 0.05) is 28.3 Å². The van der Waals surface area contributed by atoms with Crippen molar-refractivity contribution in [3.8, 4) is 5.75 Å². The summed E-state index contributed by atoms with van der Waals surface area (Å²) in [6, 6.07) is 20.6. The Morgan fingerprint density at radius 1 is 0.893 bits per heavy atom. The van der Waals surface area contributed by atoms with E-state index in [1.54, 1.807) is 102 Å². The number of ether oxygens (including phenoxy) is 3. The minimum Gasteiger partial charge on any atom is -0.496 e. The minimum atomic E-state index is -1.25. The fourth-order valence-corrected chi connectivity index (χ4v) is 6.52. The number of hydrogen-bond acceptors (Lipinski definition) is 8. The Morgan fingerprint density at radius 3 is 2.16 bits per heavy atom. The number of carbonyl (C=O) groups is 5. The van der Waals surface area contributed by atoms with Gasteiger partial charge in [-0.15, -0.1) is 0 Å². The molecule has 0 saturated heterocycles. The summed E-state index contributed by atoms with van der Waals surface area (Å²) in [5.41, 5.74) is 0.764. The Labute approximate surface area is 335 Å². The third kappa shape index (κ3) is 9.78. The maximum atomic E-state index is 14.9. The van der Waals surface area contributed by atoms with Gasteiger partial charge in [0.1, 0.15) is 29.0 Å². The molecule has 14 heteroatoms. The number of benzene rings is 4. The Hall–Kier alpha value is -5.63. The lowest BCUT2D eigenvalue weighted by Gasteiger charge is -2.30. The highest BCUT2D eigenvalue weighted by Gasteiger charge is 2.39. The molecule has 0 bridgehead atoms. The Kier molecular flexibility index (Phi) is 12.3. The van der Waals surface area contributed by atoms with Gasteiger partial charge in [-0.25, -0.2) is 9.59 Å². The number of anilines is 3. The largest absolute Gasteiger partial charge is 0.496 e. The summed E-state index contributed by atoms with van der Waals surface area (Å²) in [5.74, 6) is -1.02. The molecule has 56 heavy (non-hydrogen) atoms. The first kappa shape index (κ1) is 41.5. The molecule has 1 heterocycles. The molecule has 0 aliphatic carbocycles. The lowest BCUT2D eigenvalue weighted by Crippen LogP contribution is -2.57. The summed E-state index contributed by atoms with van der Waals surface area (Å²) in [4.78, 5) is 72.7. The molecule has 1 aliphatic rings. The van der Waals surface area contributed by atoms with Crippen LogP contribution < -0.4 is 25.2 Å². The normalized spacial score (nSPS) is 15.0.